The molecule has 1 unspecified atom stereocenters. The van der Waals surface area contributed by atoms with Crippen LogP contribution in [0.2, 0.25) is 0 Å². The molecule has 2 aliphatic heterocycles. The van der Waals surface area contributed by atoms with Crippen molar-refractivity contribution in [2.75, 3.05) is 20.2 Å². The minimum atomic E-state index is 0.525. The topological polar surface area (TPSA) is 28.1 Å². The van der Waals surface area contributed by atoms with Crippen LogP contribution in [0.5, 0.6) is 5.75 Å². The Hall–Kier alpha value is -1.71. The molecule has 0 aromatic heterocycles. The van der Waals surface area contributed by atoms with E-state index in [2.05, 4.69) is 47.9 Å². The van der Waals surface area contributed by atoms with Crippen molar-refractivity contribution in [3.63, 3.8) is 0 Å². The molecule has 6 aliphatic rings. The van der Waals surface area contributed by atoms with Crippen LogP contribution in [0.1, 0.15) is 57.9 Å². The van der Waals surface area contributed by atoms with Crippen LogP contribution in [0.15, 0.2) is 29.3 Å². The summed E-state index contributed by atoms with van der Waals surface area (Å²) in [5, 5.41) is 0. The molecule has 0 radical (unpaired) electrons. The molecule has 162 valence electrons. The van der Waals surface area contributed by atoms with Gasteiger partial charge in [0.15, 0.2) is 5.96 Å². The number of methoxy groups -OCH3 is 1. The van der Waals surface area contributed by atoms with Crippen molar-refractivity contribution >= 4 is 5.96 Å². The fraction of sp³-hybridized carbons (Fsp3) is 0.731. The Morgan fingerprint density at radius 2 is 1.70 bits per heavy atom. The van der Waals surface area contributed by atoms with E-state index in [1.54, 1.807) is 7.11 Å². The van der Waals surface area contributed by atoms with Gasteiger partial charge in [-0.2, -0.15) is 0 Å². The average molecular weight is 408 g/mol. The summed E-state index contributed by atoms with van der Waals surface area (Å²) in [5.41, 5.74) is 1.94. The monoisotopic (exact) mass is 407 g/mol. The number of aliphatic imine (C=N–C) groups is 1. The highest BCUT2D eigenvalue weighted by Crippen LogP contribution is 2.62. The number of guanidine groups is 1. The number of ether oxygens (including phenoxy) is 1. The van der Waals surface area contributed by atoms with E-state index >= 15 is 0 Å². The van der Waals surface area contributed by atoms with E-state index in [1.807, 2.05) is 0 Å². The fourth-order valence-electron chi connectivity index (χ4n) is 8.24. The highest BCUT2D eigenvalue weighted by Gasteiger charge is 2.56. The minimum Gasteiger partial charge on any atom is -0.497 e. The summed E-state index contributed by atoms with van der Waals surface area (Å²) in [5.74, 6) is 5.26. The van der Waals surface area contributed by atoms with Crippen molar-refractivity contribution in [1.29, 1.82) is 0 Å². The summed E-state index contributed by atoms with van der Waals surface area (Å²) in [6, 6.07) is 10.4. The van der Waals surface area contributed by atoms with Gasteiger partial charge in [0.25, 0.3) is 0 Å². The van der Waals surface area contributed by atoms with Gasteiger partial charge in [-0.3, -0.25) is 4.99 Å². The molecule has 4 heteroatoms. The second-order valence-electron chi connectivity index (χ2n) is 11.2. The Balaban J connectivity index is 1.30. The molecular formula is C26H37N3O. The van der Waals surface area contributed by atoms with Crippen molar-refractivity contribution in [3.8, 4) is 5.75 Å². The highest BCUT2D eigenvalue weighted by atomic mass is 16.5. The lowest BCUT2D eigenvalue weighted by Crippen LogP contribution is -2.58. The molecule has 7 rings (SSSR count). The first-order valence-corrected chi connectivity index (χ1v) is 12.3. The summed E-state index contributed by atoms with van der Waals surface area (Å²) in [4.78, 5) is 10.5. The second-order valence-corrected chi connectivity index (χ2v) is 11.2. The molecule has 4 saturated carbocycles. The SMILES string of the molecule is COc1ccc(C[C@@H]2CN3C(=NC[C@@H]3C)N2C(C)C23CC4CC(CC(C4)C2)C3)cc1. The van der Waals surface area contributed by atoms with Crippen LogP contribution in [0.25, 0.3) is 0 Å². The van der Waals surface area contributed by atoms with Crippen molar-refractivity contribution in [1.82, 2.24) is 9.80 Å². The van der Waals surface area contributed by atoms with Crippen molar-refractivity contribution in [3.05, 3.63) is 29.8 Å². The van der Waals surface area contributed by atoms with Crippen molar-refractivity contribution in [2.24, 2.45) is 28.2 Å². The first kappa shape index (κ1) is 19.0. The molecule has 0 amide bonds. The van der Waals surface area contributed by atoms with E-state index < -0.39 is 0 Å². The van der Waals surface area contributed by atoms with Gasteiger partial charge in [-0.15, -0.1) is 0 Å². The van der Waals surface area contributed by atoms with Gasteiger partial charge in [0, 0.05) is 18.6 Å². The van der Waals surface area contributed by atoms with E-state index in [0.717, 1.165) is 43.0 Å². The third kappa shape index (κ3) is 2.89. The normalized spacial score (nSPS) is 40.0. The zero-order valence-corrected chi connectivity index (χ0v) is 18.9. The molecule has 4 nitrogen and oxygen atoms in total. The third-order valence-corrected chi connectivity index (χ3v) is 9.34. The Bertz CT molecular complexity index is 796. The van der Waals surface area contributed by atoms with Crippen LogP contribution in [0, 0.1) is 23.2 Å². The zero-order valence-electron chi connectivity index (χ0n) is 18.9. The van der Waals surface area contributed by atoms with Gasteiger partial charge in [-0.05, 0) is 99.7 Å². The maximum atomic E-state index is 5.37. The number of nitrogens with zero attached hydrogens (tertiary/aromatic N) is 3. The van der Waals surface area contributed by atoms with Crippen LogP contribution in [-0.4, -0.2) is 54.1 Å². The molecular weight excluding hydrogens is 370 g/mol. The van der Waals surface area contributed by atoms with Gasteiger partial charge >= 0.3 is 0 Å². The van der Waals surface area contributed by atoms with Crippen LogP contribution < -0.4 is 4.74 Å². The van der Waals surface area contributed by atoms with E-state index in [-0.39, 0.29) is 0 Å². The van der Waals surface area contributed by atoms with Gasteiger partial charge in [0.2, 0.25) is 0 Å². The Morgan fingerprint density at radius 1 is 1.07 bits per heavy atom. The average Bonchev–Trinajstić information content (AvgIpc) is 3.26. The maximum absolute atomic E-state index is 5.37. The maximum Gasteiger partial charge on any atom is 0.197 e. The molecule has 2 heterocycles. The van der Waals surface area contributed by atoms with Gasteiger partial charge < -0.3 is 14.5 Å². The first-order chi connectivity index (χ1) is 14.5. The van der Waals surface area contributed by atoms with Gasteiger partial charge in [-0.1, -0.05) is 12.1 Å². The molecule has 4 aliphatic carbocycles. The van der Waals surface area contributed by atoms with Crippen LogP contribution in [0.4, 0.5) is 0 Å². The van der Waals surface area contributed by atoms with Gasteiger partial charge in [0.1, 0.15) is 5.75 Å². The van der Waals surface area contributed by atoms with E-state index in [0.29, 0.717) is 23.5 Å². The Kier molecular flexibility index (Phi) is 4.37. The molecule has 4 bridgehead atoms. The van der Waals surface area contributed by atoms with E-state index in [4.69, 9.17) is 9.73 Å². The van der Waals surface area contributed by atoms with Gasteiger partial charge in [-0.25, -0.2) is 0 Å². The van der Waals surface area contributed by atoms with Crippen LogP contribution >= 0.6 is 0 Å². The molecule has 3 atom stereocenters. The van der Waals surface area contributed by atoms with Crippen molar-refractivity contribution in [2.45, 2.75) is 76.9 Å². The lowest BCUT2D eigenvalue weighted by molar-refractivity contribution is -0.0885. The summed E-state index contributed by atoms with van der Waals surface area (Å²) in [7, 11) is 1.74. The second kappa shape index (κ2) is 6.90. The lowest BCUT2D eigenvalue weighted by Gasteiger charge is -2.60. The molecule has 5 fully saturated rings. The standard InChI is InChI=1S/C26H37N3O/c1-17-15-27-25-28(17)16-23(11-19-4-6-24(30-3)7-5-19)29(25)18(2)26-12-20-8-21(13-26)10-22(9-20)14-26/h4-7,17-18,20-23H,8-16H2,1-3H3/t17-,18?,20?,21?,22?,23+,26?/m0/s1. The van der Waals surface area contributed by atoms with Gasteiger partial charge in [0.05, 0.1) is 19.7 Å². The number of rotatable bonds is 5. The minimum absolute atomic E-state index is 0.525. The smallest absolute Gasteiger partial charge is 0.197 e. The fourth-order valence-corrected chi connectivity index (χ4v) is 8.24. The molecule has 1 aromatic rings. The summed E-state index contributed by atoms with van der Waals surface area (Å²) in [6.07, 6.45) is 10.1. The quantitative estimate of drug-likeness (QED) is 0.715. The predicted octanol–water partition coefficient (Wildman–Crippen LogP) is 4.59. The number of benzene rings is 1. The third-order valence-electron chi connectivity index (χ3n) is 9.34. The summed E-state index contributed by atoms with van der Waals surface area (Å²) >= 11 is 0. The number of hydrogen-bond acceptors (Lipinski definition) is 4. The summed E-state index contributed by atoms with van der Waals surface area (Å²) in [6.45, 7) is 7.00. The largest absolute Gasteiger partial charge is 0.497 e. The van der Waals surface area contributed by atoms with Crippen LogP contribution in [0.3, 0.4) is 0 Å². The molecule has 30 heavy (non-hydrogen) atoms. The highest BCUT2D eigenvalue weighted by molar-refractivity contribution is 5.85. The lowest BCUT2D eigenvalue weighted by atomic mass is 9.47. The van der Waals surface area contributed by atoms with E-state index in [9.17, 15) is 0 Å². The predicted molar refractivity (Wildman–Crippen MR) is 121 cm³/mol. The van der Waals surface area contributed by atoms with Crippen molar-refractivity contribution < 1.29 is 4.74 Å². The zero-order chi connectivity index (χ0) is 20.5. The van der Waals surface area contributed by atoms with Crippen LogP contribution in [-0.2, 0) is 6.42 Å². The first-order valence-electron chi connectivity index (χ1n) is 12.3. The molecule has 0 N–H and O–H groups in total. The Labute approximate surface area is 181 Å². The Morgan fingerprint density at radius 3 is 2.30 bits per heavy atom. The number of hydrogen-bond donors (Lipinski definition) is 0. The summed E-state index contributed by atoms with van der Waals surface area (Å²) < 4.78 is 5.37. The molecule has 1 aromatic carbocycles. The number of fused-ring (bicyclic) bond motifs is 1. The molecule has 1 saturated heterocycles. The molecule has 0 spiro atoms. The van der Waals surface area contributed by atoms with E-state index in [1.165, 1.54) is 50.0 Å².